The van der Waals surface area contributed by atoms with Crippen molar-refractivity contribution in [3.63, 3.8) is 0 Å². The molecule has 11 heteroatoms. The van der Waals surface area contributed by atoms with Crippen LogP contribution in [0.2, 0.25) is 0 Å². The number of hydrogen-bond donors (Lipinski definition) is 2. The second-order valence-electron chi connectivity index (χ2n) is 7.02. The Hall–Kier alpha value is -3.89. The summed E-state index contributed by atoms with van der Waals surface area (Å²) in [5.74, 6) is 1.42. The molecule has 0 fully saturated rings. The van der Waals surface area contributed by atoms with Crippen molar-refractivity contribution in [2.75, 3.05) is 45.6 Å². The van der Waals surface area contributed by atoms with Crippen LogP contribution < -0.4 is 29.6 Å². The average molecular weight is 478 g/mol. The standard InChI is InChI=1S/C23H25F3N4O4/c1-31-16-7-5-6-14(10-16)8-9-27-21-17(23(24,25)26)13-28-22(30-21)29-15-11-18(32-2)20(34-4)19(12-15)33-3/h5-7,10-13H,8-9H2,1-4H3,(H2,27,28,29,30). The summed E-state index contributed by atoms with van der Waals surface area (Å²) < 4.78 is 61.7. The largest absolute Gasteiger partial charge is 0.497 e. The van der Waals surface area contributed by atoms with E-state index in [1.807, 2.05) is 18.2 Å². The van der Waals surface area contributed by atoms with E-state index < -0.39 is 11.7 Å². The lowest BCUT2D eigenvalue weighted by Gasteiger charge is -2.16. The average Bonchev–Trinajstić information content (AvgIpc) is 2.83. The topological polar surface area (TPSA) is 86.8 Å². The van der Waals surface area contributed by atoms with Crippen LogP contribution in [0, 0.1) is 0 Å². The van der Waals surface area contributed by atoms with Gasteiger partial charge in [-0.25, -0.2) is 4.98 Å². The van der Waals surface area contributed by atoms with Crippen LogP contribution >= 0.6 is 0 Å². The van der Waals surface area contributed by atoms with Crippen LogP contribution in [0.4, 0.5) is 30.6 Å². The van der Waals surface area contributed by atoms with Crippen molar-refractivity contribution in [1.82, 2.24) is 9.97 Å². The summed E-state index contributed by atoms with van der Waals surface area (Å²) in [6, 6.07) is 10.5. The van der Waals surface area contributed by atoms with Gasteiger partial charge in [0, 0.05) is 30.6 Å². The van der Waals surface area contributed by atoms with Gasteiger partial charge in [0.25, 0.3) is 0 Å². The second kappa shape index (κ2) is 10.8. The molecule has 2 aromatic carbocycles. The van der Waals surface area contributed by atoms with Crippen LogP contribution in [-0.2, 0) is 12.6 Å². The number of aromatic nitrogens is 2. The summed E-state index contributed by atoms with van der Waals surface area (Å²) in [5, 5.41) is 5.66. The van der Waals surface area contributed by atoms with Gasteiger partial charge in [0.05, 0.1) is 28.4 Å². The zero-order valence-electron chi connectivity index (χ0n) is 19.1. The van der Waals surface area contributed by atoms with Crippen molar-refractivity contribution in [2.24, 2.45) is 0 Å². The molecule has 182 valence electrons. The molecule has 3 aromatic rings. The van der Waals surface area contributed by atoms with E-state index in [1.54, 1.807) is 25.3 Å². The Morgan fingerprint density at radius 1 is 0.912 bits per heavy atom. The quantitative estimate of drug-likeness (QED) is 0.424. The number of methoxy groups -OCH3 is 4. The van der Waals surface area contributed by atoms with Gasteiger partial charge in [-0.1, -0.05) is 12.1 Å². The smallest absolute Gasteiger partial charge is 0.421 e. The van der Waals surface area contributed by atoms with E-state index >= 15 is 0 Å². The van der Waals surface area contributed by atoms with E-state index in [0.29, 0.717) is 35.1 Å². The number of nitrogens with zero attached hydrogens (tertiary/aromatic N) is 2. The fourth-order valence-electron chi connectivity index (χ4n) is 3.22. The minimum atomic E-state index is -4.62. The van der Waals surface area contributed by atoms with Gasteiger partial charge in [-0.05, 0) is 24.1 Å². The zero-order valence-corrected chi connectivity index (χ0v) is 19.1. The van der Waals surface area contributed by atoms with E-state index in [4.69, 9.17) is 18.9 Å². The van der Waals surface area contributed by atoms with E-state index in [0.717, 1.165) is 11.8 Å². The summed E-state index contributed by atoms with van der Waals surface area (Å²) in [5.41, 5.74) is 0.385. The highest BCUT2D eigenvalue weighted by Crippen LogP contribution is 2.41. The molecule has 0 aliphatic heterocycles. The number of benzene rings is 2. The van der Waals surface area contributed by atoms with E-state index in [1.165, 1.54) is 21.3 Å². The number of alkyl halides is 3. The highest BCUT2D eigenvalue weighted by atomic mass is 19.4. The van der Waals surface area contributed by atoms with E-state index in [2.05, 4.69) is 20.6 Å². The van der Waals surface area contributed by atoms with Crippen molar-refractivity contribution < 1.29 is 32.1 Å². The minimum absolute atomic E-state index is 0.0360. The lowest BCUT2D eigenvalue weighted by molar-refractivity contribution is -0.137. The number of halogens is 3. The molecule has 2 N–H and O–H groups in total. The molecule has 0 saturated carbocycles. The van der Waals surface area contributed by atoms with Crippen LogP contribution in [0.25, 0.3) is 0 Å². The third-order valence-corrected chi connectivity index (χ3v) is 4.86. The van der Waals surface area contributed by atoms with Gasteiger partial charge in [0.1, 0.15) is 17.1 Å². The number of anilines is 3. The fourth-order valence-corrected chi connectivity index (χ4v) is 3.22. The van der Waals surface area contributed by atoms with Gasteiger partial charge in [-0.3, -0.25) is 0 Å². The monoisotopic (exact) mass is 478 g/mol. The Labute approximate surface area is 195 Å². The molecule has 0 bridgehead atoms. The molecule has 0 radical (unpaired) electrons. The third kappa shape index (κ3) is 5.91. The molecule has 1 heterocycles. The molecular weight excluding hydrogens is 453 g/mol. The second-order valence-corrected chi connectivity index (χ2v) is 7.02. The molecule has 0 atom stereocenters. The number of hydrogen-bond acceptors (Lipinski definition) is 8. The third-order valence-electron chi connectivity index (χ3n) is 4.86. The molecular formula is C23H25F3N4O4. The Balaban J connectivity index is 1.84. The maximum absolute atomic E-state index is 13.5. The Morgan fingerprint density at radius 3 is 2.21 bits per heavy atom. The molecule has 0 spiro atoms. The van der Waals surface area contributed by atoms with Crippen molar-refractivity contribution in [1.29, 1.82) is 0 Å². The molecule has 0 aliphatic carbocycles. The first-order valence-corrected chi connectivity index (χ1v) is 10.2. The Morgan fingerprint density at radius 2 is 1.62 bits per heavy atom. The lowest BCUT2D eigenvalue weighted by atomic mass is 10.1. The first kappa shape index (κ1) is 24.7. The number of ether oxygens (including phenoxy) is 4. The van der Waals surface area contributed by atoms with Crippen molar-refractivity contribution in [2.45, 2.75) is 12.6 Å². The maximum Gasteiger partial charge on any atom is 0.421 e. The van der Waals surface area contributed by atoms with Gasteiger partial charge < -0.3 is 29.6 Å². The van der Waals surface area contributed by atoms with Crippen molar-refractivity contribution >= 4 is 17.5 Å². The summed E-state index contributed by atoms with van der Waals surface area (Å²) in [6.45, 7) is 0.219. The predicted molar refractivity (Wildman–Crippen MR) is 122 cm³/mol. The summed E-state index contributed by atoms with van der Waals surface area (Å²) in [7, 11) is 5.94. The highest BCUT2D eigenvalue weighted by molar-refractivity contribution is 5.66. The van der Waals surface area contributed by atoms with Crippen LogP contribution in [-0.4, -0.2) is 45.0 Å². The van der Waals surface area contributed by atoms with Crippen molar-refractivity contribution in [3.05, 3.63) is 53.7 Å². The zero-order chi connectivity index (χ0) is 24.7. The summed E-state index contributed by atoms with van der Waals surface area (Å²) in [4.78, 5) is 7.89. The van der Waals surface area contributed by atoms with Crippen LogP contribution in [0.1, 0.15) is 11.1 Å². The molecule has 0 unspecified atom stereocenters. The number of rotatable bonds is 10. The summed E-state index contributed by atoms with van der Waals surface area (Å²) in [6.07, 6.45) is -3.42. The van der Waals surface area contributed by atoms with Gasteiger partial charge in [-0.2, -0.15) is 18.2 Å². The number of nitrogens with one attached hydrogen (secondary N) is 2. The SMILES string of the molecule is COc1cccc(CCNc2nc(Nc3cc(OC)c(OC)c(OC)c3)ncc2C(F)(F)F)c1. The Kier molecular flexibility index (Phi) is 7.87. The first-order chi connectivity index (χ1) is 16.3. The highest BCUT2D eigenvalue weighted by Gasteiger charge is 2.35. The molecule has 1 aromatic heterocycles. The molecule has 8 nitrogen and oxygen atoms in total. The van der Waals surface area contributed by atoms with Crippen LogP contribution in [0.3, 0.4) is 0 Å². The minimum Gasteiger partial charge on any atom is -0.497 e. The van der Waals surface area contributed by atoms with E-state index in [9.17, 15) is 13.2 Å². The van der Waals surface area contributed by atoms with E-state index in [-0.39, 0.29) is 18.3 Å². The first-order valence-electron chi connectivity index (χ1n) is 10.2. The van der Waals surface area contributed by atoms with Gasteiger partial charge in [0.15, 0.2) is 11.5 Å². The predicted octanol–water partition coefficient (Wildman–Crippen LogP) is 4.93. The van der Waals surface area contributed by atoms with Gasteiger partial charge >= 0.3 is 6.18 Å². The molecule has 0 aliphatic rings. The normalized spacial score (nSPS) is 11.0. The fraction of sp³-hybridized carbons (Fsp3) is 0.304. The Bertz CT molecular complexity index is 1100. The van der Waals surface area contributed by atoms with Crippen LogP contribution in [0.15, 0.2) is 42.6 Å². The van der Waals surface area contributed by atoms with Gasteiger partial charge in [-0.15, -0.1) is 0 Å². The maximum atomic E-state index is 13.5. The molecule has 34 heavy (non-hydrogen) atoms. The lowest BCUT2D eigenvalue weighted by Crippen LogP contribution is -2.16. The molecule has 3 rings (SSSR count). The van der Waals surface area contributed by atoms with Crippen LogP contribution in [0.5, 0.6) is 23.0 Å². The summed E-state index contributed by atoms with van der Waals surface area (Å²) >= 11 is 0. The van der Waals surface area contributed by atoms with Crippen molar-refractivity contribution in [3.8, 4) is 23.0 Å². The molecule has 0 saturated heterocycles. The molecule has 0 amide bonds. The van der Waals surface area contributed by atoms with Gasteiger partial charge in [0.2, 0.25) is 11.7 Å².